The molecule has 1 aromatic heterocycles. The van der Waals surface area contributed by atoms with Crippen LogP contribution in [-0.2, 0) is 4.79 Å². The number of rotatable bonds is 2. The van der Waals surface area contributed by atoms with Crippen molar-refractivity contribution in [2.24, 2.45) is 10.2 Å². The Bertz CT molecular complexity index is 819. The van der Waals surface area contributed by atoms with Crippen molar-refractivity contribution < 1.29 is 4.79 Å². The second-order valence-electron chi connectivity index (χ2n) is 4.49. The normalized spacial score (nSPS) is 15.5. The van der Waals surface area contributed by atoms with Gasteiger partial charge in [-0.2, -0.15) is 5.10 Å². The quantitative estimate of drug-likeness (QED) is 0.515. The van der Waals surface area contributed by atoms with Crippen LogP contribution < -0.4 is 5.32 Å². The Morgan fingerprint density at radius 1 is 1.13 bits per heavy atom. The molecule has 0 spiro atoms. The van der Waals surface area contributed by atoms with Crippen molar-refractivity contribution >= 4 is 29.1 Å². The van der Waals surface area contributed by atoms with E-state index in [4.69, 9.17) is 0 Å². The third-order valence-corrected chi connectivity index (χ3v) is 3.63. The molecule has 0 atom stereocenters. The van der Waals surface area contributed by atoms with E-state index < -0.39 is 0 Å². The SMILES string of the molecule is O=C1CSC(=NN=Cc2ccc(C#Cc3cncnc3)cc2)N1. The maximum Gasteiger partial charge on any atom is 0.236 e. The van der Waals surface area contributed by atoms with E-state index in [1.54, 1.807) is 18.6 Å². The van der Waals surface area contributed by atoms with Gasteiger partial charge in [0.2, 0.25) is 5.91 Å². The number of carbonyl (C=O) groups excluding carboxylic acids is 1. The van der Waals surface area contributed by atoms with Gasteiger partial charge in [-0.25, -0.2) is 9.97 Å². The molecule has 1 saturated heterocycles. The third kappa shape index (κ3) is 4.49. The first-order valence-corrected chi connectivity index (χ1v) is 7.69. The van der Waals surface area contributed by atoms with Crippen LogP contribution in [0.2, 0.25) is 0 Å². The van der Waals surface area contributed by atoms with Crippen LogP contribution in [0.15, 0.2) is 53.2 Å². The fourth-order valence-corrected chi connectivity index (χ4v) is 2.32. The van der Waals surface area contributed by atoms with Crippen LogP contribution in [0.3, 0.4) is 0 Å². The molecule has 0 radical (unpaired) electrons. The molecule has 1 aliphatic heterocycles. The van der Waals surface area contributed by atoms with E-state index in [1.165, 1.54) is 18.1 Å². The van der Waals surface area contributed by atoms with Crippen molar-refractivity contribution in [3.8, 4) is 11.8 Å². The predicted octanol–water partition coefficient (Wildman–Crippen LogP) is 1.43. The highest BCUT2D eigenvalue weighted by Gasteiger charge is 2.15. The Morgan fingerprint density at radius 2 is 1.87 bits per heavy atom. The number of hydrogen-bond acceptors (Lipinski definition) is 6. The summed E-state index contributed by atoms with van der Waals surface area (Å²) in [4.78, 5) is 18.8. The van der Waals surface area contributed by atoms with Crippen LogP contribution in [-0.4, -0.2) is 33.0 Å². The number of hydrogen-bond donors (Lipinski definition) is 1. The molecule has 7 heteroatoms. The molecule has 0 saturated carbocycles. The summed E-state index contributed by atoms with van der Waals surface area (Å²) < 4.78 is 0. The molecule has 1 fully saturated rings. The Balaban J connectivity index is 1.63. The summed E-state index contributed by atoms with van der Waals surface area (Å²) in [5, 5.41) is 11.0. The molecule has 6 nitrogen and oxygen atoms in total. The van der Waals surface area contributed by atoms with Gasteiger partial charge in [0.25, 0.3) is 0 Å². The number of carbonyl (C=O) groups is 1. The Kier molecular flexibility index (Phi) is 4.76. The van der Waals surface area contributed by atoms with Gasteiger partial charge in [0.15, 0.2) is 5.17 Å². The largest absolute Gasteiger partial charge is 0.303 e. The summed E-state index contributed by atoms with van der Waals surface area (Å²) >= 11 is 1.34. The van der Waals surface area contributed by atoms with Crippen LogP contribution in [0.5, 0.6) is 0 Å². The van der Waals surface area contributed by atoms with Crippen molar-refractivity contribution in [3.05, 3.63) is 59.7 Å². The lowest BCUT2D eigenvalue weighted by molar-refractivity contribution is -0.116. The molecule has 0 aliphatic carbocycles. The summed E-state index contributed by atoms with van der Waals surface area (Å²) in [5.74, 6) is 6.38. The first kappa shape index (κ1) is 14.9. The molecule has 1 aliphatic rings. The van der Waals surface area contributed by atoms with Crippen LogP contribution >= 0.6 is 11.8 Å². The molecule has 2 aromatic rings. The Hall–Kier alpha value is -2.98. The maximum atomic E-state index is 11.0. The van der Waals surface area contributed by atoms with Crippen LogP contribution in [0, 0.1) is 11.8 Å². The molecule has 2 heterocycles. The lowest BCUT2D eigenvalue weighted by Crippen LogP contribution is -2.19. The highest BCUT2D eigenvalue weighted by molar-refractivity contribution is 8.15. The second kappa shape index (κ2) is 7.33. The molecule has 1 aromatic carbocycles. The van der Waals surface area contributed by atoms with Crippen LogP contribution in [0.4, 0.5) is 0 Å². The molecule has 1 amide bonds. The van der Waals surface area contributed by atoms with Gasteiger partial charge in [-0.3, -0.25) is 4.79 Å². The molecular formula is C16H11N5OS. The lowest BCUT2D eigenvalue weighted by Gasteiger charge is -1.93. The Morgan fingerprint density at radius 3 is 2.57 bits per heavy atom. The summed E-state index contributed by atoms with van der Waals surface area (Å²) in [6.45, 7) is 0. The number of nitrogens with one attached hydrogen (secondary N) is 1. The molecule has 0 unspecified atom stereocenters. The molecule has 3 rings (SSSR count). The van der Waals surface area contributed by atoms with E-state index in [0.29, 0.717) is 10.9 Å². The van der Waals surface area contributed by atoms with Crippen molar-refractivity contribution in [2.45, 2.75) is 0 Å². The average molecular weight is 321 g/mol. The fraction of sp³-hybridized carbons (Fsp3) is 0.0625. The van der Waals surface area contributed by atoms with E-state index in [1.807, 2.05) is 24.3 Å². The standard InChI is InChI=1S/C16H11N5OS/c22-15-10-23-16(20-15)21-19-9-13-4-1-12(2-5-13)3-6-14-7-17-11-18-8-14/h1-2,4-5,7-9,11H,10H2,(H,20,21,22). The zero-order valence-corrected chi connectivity index (χ0v) is 12.7. The molecular weight excluding hydrogens is 310 g/mol. The number of benzene rings is 1. The molecule has 112 valence electrons. The smallest absolute Gasteiger partial charge is 0.236 e. The van der Waals surface area contributed by atoms with Crippen molar-refractivity contribution in [1.29, 1.82) is 0 Å². The first-order valence-electron chi connectivity index (χ1n) is 6.70. The molecule has 0 bridgehead atoms. The maximum absolute atomic E-state index is 11.0. The summed E-state index contributed by atoms with van der Waals surface area (Å²) in [5.41, 5.74) is 2.55. The van der Waals surface area contributed by atoms with Crippen molar-refractivity contribution in [2.75, 3.05) is 5.75 Å². The Labute approximate surface area is 137 Å². The molecule has 1 N–H and O–H groups in total. The van der Waals surface area contributed by atoms with Gasteiger partial charge >= 0.3 is 0 Å². The lowest BCUT2D eigenvalue weighted by atomic mass is 10.1. The number of thioether (sulfide) groups is 1. The van der Waals surface area contributed by atoms with E-state index in [2.05, 4.69) is 37.3 Å². The van der Waals surface area contributed by atoms with Crippen molar-refractivity contribution in [3.63, 3.8) is 0 Å². The summed E-state index contributed by atoms with van der Waals surface area (Å²) in [7, 11) is 0. The zero-order valence-electron chi connectivity index (χ0n) is 11.9. The number of amidine groups is 1. The van der Waals surface area contributed by atoms with E-state index in [0.717, 1.165) is 16.7 Å². The van der Waals surface area contributed by atoms with Gasteiger partial charge in [0.05, 0.1) is 17.5 Å². The molecule has 23 heavy (non-hydrogen) atoms. The second-order valence-corrected chi connectivity index (χ2v) is 5.45. The zero-order chi connectivity index (χ0) is 15.9. The highest BCUT2D eigenvalue weighted by Crippen LogP contribution is 2.08. The van der Waals surface area contributed by atoms with Crippen LogP contribution in [0.25, 0.3) is 0 Å². The van der Waals surface area contributed by atoms with Gasteiger partial charge in [-0.05, 0) is 17.7 Å². The van der Waals surface area contributed by atoms with E-state index in [9.17, 15) is 4.79 Å². The number of amides is 1. The van der Waals surface area contributed by atoms with Crippen molar-refractivity contribution in [1.82, 2.24) is 15.3 Å². The van der Waals surface area contributed by atoms with E-state index >= 15 is 0 Å². The minimum absolute atomic E-state index is 0.0457. The highest BCUT2D eigenvalue weighted by atomic mass is 32.2. The van der Waals surface area contributed by atoms with Crippen LogP contribution in [0.1, 0.15) is 16.7 Å². The number of aromatic nitrogens is 2. The van der Waals surface area contributed by atoms with Gasteiger partial charge in [0.1, 0.15) is 6.33 Å². The van der Waals surface area contributed by atoms with Gasteiger partial charge in [-0.1, -0.05) is 35.7 Å². The monoisotopic (exact) mass is 321 g/mol. The topological polar surface area (TPSA) is 79.6 Å². The third-order valence-electron chi connectivity index (χ3n) is 2.76. The minimum Gasteiger partial charge on any atom is -0.303 e. The first-order chi connectivity index (χ1) is 11.3. The van der Waals surface area contributed by atoms with Gasteiger partial charge < -0.3 is 5.32 Å². The van der Waals surface area contributed by atoms with Gasteiger partial charge in [-0.15, -0.1) is 5.10 Å². The minimum atomic E-state index is -0.0457. The predicted molar refractivity (Wildman–Crippen MR) is 90.1 cm³/mol. The summed E-state index contributed by atoms with van der Waals surface area (Å²) in [6, 6.07) is 7.60. The summed E-state index contributed by atoms with van der Waals surface area (Å²) in [6.07, 6.45) is 6.43. The number of nitrogens with zero attached hydrogens (tertiary/aromatic N) is 4. The van der Waals surface area contributed by atoms with Gasteiger partial charge in [0, 0.05) is 18.0 Å². The fourth-order valence-electron chi connectivity index (χ4n) is 1.69. The van der Waals surface area contributed by atoms with E-state index in [-0.39, 0.29) is 5.91 Å². The average Bonchev–Trinajstić information content (AvgIpc) is 3.00.